The first-order valence-electron chi connectivity index (χ1n) is 11.4. The second-order valence-electron chi connectivity index (χ2n) is 8.92. The maximum Gasteiger partial charge on any atom is 0.251 e. The number of carbonyl (C=O) groups is 1. The van der Waals surface area contributed by atoms with E-state index < -0.39 is 6.10 Å². The van der Waals surface area contributed by atoms with Crippen molar-refractivity contribution in [3.05, 3.63) is 18.5 Å². The zero-order chi connectivity index (χ0) is 22.9. The minimum Gasteiger partial charge on any atom is -0.474 e. The summed E-state index contributed by atoms with van der Waals surface area (Å²) in [4.78, 5) is 33.6. The van der Waals surface area contributed by atoms with E-state index >= 15 is 0 Å². The molecule has 2 saturated carbocycles. The summed E-state index contributed by atoms with van der Waals surface area (Å²) >= 11 is 0. The Balaban J connectivity index is 1.28. The largest absolute Gasteiger partial charge is 0.474 e. The number of aliphatic hydroxyl groups is 1. The van der Waals surface area contributed by atoms with E-state index in [1.54, 1.807) is 30.4 Å². The third kappa shape index (κ3) is 4.83. The predicted molar refractivity (Wildman–Crippen MR) is 119 cm³/mol. The van der Waals surface area contributed by atoms with E-state index in [4.69, 9.17) is 20.2 Å². The summed E-state index contributed by atoms with van der Waals surface area (Å²) in [5.41, 5.74) is 6.99. The maximum absolute atomic E-state index is 12.4. The van der Waals surface area contributed by atoms with Crippen LogP contribution in [-0.2, 0) is 9.53 Å². The molecule has 0 radical (unpaired) electrons. The smallest absolute Gasteiger partial charge is 0.251 e. The van der Waals surface area contributed by atoms with Gasteiger partial charge in [-0.1, -0.05) is 0 Å². The van der Waals surface area contributed by atoms with E-state index in [-0.39, 0.29) is 29.9 Å². The van der Waals surface area contributed by atoms with Gasteiger partial charge in [0.15, 0.2) is 0 Å². The topological polar surface area (TPSA) is 140 Å². The molecule has 3 heterocycles. The van der Waals surface area contributed by atoms with Crippen molar-refractivity contribution in [2.45, 2.75) is 43.9 Å². The zero-order valence-corrected chi connectivity index (χ0v) is 18.6. The van der Waals surface area contributed by atoms with Crippen LogP contribution in [0.5, 0.6) is 5.88 Å². The van der Waals surface area contributed by atoms with Crippen LogP contribution in [0.2, 0.25) is 0 Å². The minimum atomic E-state index is -0.877. The summed E-state index contributed by atoms with van der Waals surface area (Å²) in [7, 11) is 1.76. The standard InChI is InChI=1S/C22H29N7O4/c1-28(20(31)19(30)13-2-3-13)15-8-16(9-15)33-18-10-17(14-11-24-21(23)25-12-14)26-22(27-18)29-4-6-32-7-5-29/h10-13,15-16,19,30H,2-9H2,1H3,(H2,23,24,25)/t15?,16?,19-/m1/s1. The van der Waals surface area contributed by atoms with Gasteiger partial charge in [-0.3, -0.25) is 4.79 Å². The van der Waals surface area contributed by atoms with E-state index in [0.29, 0.717) is 56.7 Å². The van der Waals surface area contributed by atoms with Crippen LogP contribution in [-0.4, -0.2) is 87.5 Å². The Morgan fingerprint density at radius 2 is 1.94 bits per heavy atom. The van der Waals surface area contributed by atoms with Gasteiger partial charge in [0.05, 0.1) is 18.9 Å². The molecule has 1 saturated heterocycles. The van der Waals surface area contributed by atoms with E-state index in [1.807, 2.05) is 0 Å². The molecule has 1 atom stereocenters. The lowest BCUT2D eigenvalue weighted by molar-refractivity contribution is -0.145. The summed E-state index contributed by atoms with van der Waals surface area (Å²) in [6.45, 7) is 2.63. The highest BCUT2D eigenvalue weighted by Crippen LogP contribution is 2.35. The molecule has 0 aromatic carbocycles. The molecule has 2 aliphatic carbocycles. The average Bonchev–Trinajstić information content (AvgIpc) is 3.66. The number of likely N-dealkylation sites (N-methyl/N-ethyl adjacent to an activating group) is 1. The van der Waals surface area contributed by atoms with E-state index in [2.05, 4.69) is 19.9 Å². The third-order valence-corrected chi connectivity index (χ3v) is 6.53. The van der Waals surface area contributed by atoms with Crippen molar-refractivity contribution in [2.24, 2.45) is 5.92 Å². The molecule has 3 fully saturated rings. The summed E-state index contributed by atoms with van der Waals surface area (Å²) < 4.78 is 11.6. The van der Waals surface area contributed by atoms with Gasteiger partial charge in [-0.2, -0.15) is 4.98 Å². The summed E-state index contributed by atoms with van der Waals surface area (Å²) in [5.74, 6) is 1.17. The Morgan fingerprint density at radius 3 is 2.61 bits per heavy atom. The molecule has 2 aromatic rings. The monoisotopic (exact) mass is 455 g/mol. The van der Waals surface area contributed by atoms with Gasteiger partial charge in [-0.15, -0.1) is 0 Å². The fraction of sp³-hybridized carbons (Fsp3) is 0.591. The fourth-order valence-corrected chi connectivity index (χ4v) is 4.12. The van der Waals surface area contributed by atoms with Crippen LogP contribution >= 0.6 is 0 Å². The quantitative estimate of drug-likeness (QED) is 0.606. The summed E-state index contributed by atoms with van der Waals surface area (Å²) in [6, 6.07) is 1.83. The number of nitrogens with two attached hydrogens (primary N) is 1. The van der Waals surface area contributed by atoms with Gasteiger partial charge in [-0.25, -0.2) is 15.0 Å². The number of nitrogens with zero attached hydrogens (tertiary/aromatic N) is 6. The molecule has 5 rings (SSSR count). The Hall–Kier alpha value is -3.05. The summed E-state index contributed by atoms with van der Waals surface area (Å²) in [6.07, 6.45) is 5.55. The molecular formula is C22H29N7O4. The van der Waals surface area contributed by atoms with Crippen LogP contribution in [0.4, 0.5) is 11.9 Å². The first-order valence-corrected chi connectivity index (χ1v) is 11.4. The van der Waals surface area contributed by atoms with Crippen LogP contribution in [0.15, 0.2) is 18.5 Å². The highest BCUT2D eigenvalue weighted by atomic mass is 16.5. The molecule has 0 spiro atoms. The van der Waals surface area contributed by atoms with E-state index in [1.165, 1.54) is 0 Å². The molecule has 2 aromatic heterocycles. The lowest BCUT2D eigenvalue weighted by atomic mass is 9.87. The van der Waals surface area contributed by atoms with Crippen LogP contribution in [0.1, 0.15) is 25.7 Å². The predicted octanol–water partition coefficient (Wildman–Crippen LogP) is 0.492. The number of anilines is 2. The van der Waals surface area contributed by atoms with E-state index in [0.717, 1.165) is 18.4 Å². The molecule has 33 heavy (non-hydrogen) atoms. The number of nitrogen functional groups attached to an aromatic ring is 1. The molecule has 0 bridgehead atoms. The fourth-order valence-electron chi connectivity index (χ4n) is 4.12. The SMILES string of the molecule is CN(C(=O)[C@H](O)C1CC1)C1CC(Oc2cc(-c3cnc(N)nc3)nc(N3CCOCC3)n2)C1. The molecule has 11 heteroatoms. The molecule has 0 unspecified atom stereocenters. The first kappa shape index (κ1) is 21.8. The number of hydrogen-bond acceptors (Lipinski definition) is 10. The lowest BCUT2D eigenvalue weighted by Gasteiger charge is -2.41. The average molecular weight is 456 g/mol. The molecule has 1 amide bonds. The van der Waals surface area contributed by atoms with Crippen molar-refractivity contribution in [3.63, 3.8) is 0 Å². The van der Waals surface area contributed by atoms with Crippen molar-refractivity contribution < 1.29 is 19.4 Å². The Labute approximate surface area is 192 Å². The molecule has 11 nitrogen and oxygen atoms in total. The number of carbonyl (C=O) groups excluding carboxylic acids is 1. The van der Waals surface area contributed by atoms with Crippen molar-refractivity contribution >= 4 is 17.8 Å². The van der Waals surface area contributed by atoms with Gasteiger partial charge in [-0.05, 0) is 18.8 Å². The van der Waals surface area contributed by atoms with Crippen LogP contribution in [0, 0.1) is 5.92 Å². The Morgan fingerprint density at radius 1 is 1.24 bits per heavy atom. The van der Waals surface area contributed by atoms with Crippen molar-refractivity contribution in [1.29, 1.82) is 0 Å². The number of rotatable bonds is 7. The number of ether oxygens (including phenoxy) is 2. The number of aliphatic hydroxyl groups excluding tert-OH is 1. The van der Waals surface area contributed by atoms with Gasteiger partial charge in [0, 0.05) is 63.0 Å². The second-order valence-corrected chi connectivity index (χ2v) is 8.92. The summed E-state index contributed by atoms with van der Waals surface area (Å²) in [5, 5.41) is 10.1. The van der Waals surface area contributed by atoms with E-state index in [9.17, 15) is 9.90 Å². The minimum absolute atomic E-state index is 0.0569. The normalized spacial score (nSPS) is 23.5. The number of hydrogen-bond donors (Lipinski definition) is 2. The first-order chi connectivity index (χ1) is 16.0. The number of amides is 1. The van der Waals surface area contributed by atoms with Crippen molar-refractivity contribution in [3.8, 4) is 17.1 Å². The van der Waals surface area contributed by atoms with Gasteiger partial charge in [0.1, 0.15) is 12.2 Å². The highest BCUT2D eigenvalue weighted by molar-refractivity contribution is 5.81. The van der Waals surface area contributed by atoms with Crippen LogP contribution in [0.3, 0.4) is 0 Å². The van der Waals surface area contributed by atoms with Gasteiger partial charge in [0.2, 0.25) is 17.8 Å². The Kier molecular flexibility index (Phi) is 5.98. The maximum atomic E-state index is 12.4. The second kappa shape index (κ2) is 9.06. The highest BCUT2D eigenvalue weighted by Gasteiger charge is 2.41. The zero-order valence-electron chi connectivity index (χ0n) is 18.6. The number of morpholine rings is 1. The molecule has 176 valence electrons. The van der Waals surface area contributed by atoms with Gasteiger partial charge < -0.3 is 30.1 Å². The van der Waals surface area contributed by atoms with Crippen LogP contribution in [0.25, 0.3) is 11.3 Å². The third-order valence-electron chi connectivity index (χ3n) is 6.53. The molecular weight excluding hydrogens is 426 g/mol. The van der Waals surface area contributed by atoms with Crippen LogP contribution < -0.4 is 15.4 Å². The lowest BCUT2D eigenvalue weighted by Crippen LogP contribution is -2.52. The molecule has 3 aliphatic rings. The van der Waals surface area contributed by atoms with Gasteiger partial charge >= 0.3 is 0 Å². The number of aromatic nitrogens is 4. The van der Waals surface area contributed by atoms with Crippen molar-refractivity contribution in [1.82, 2.24) is 24.8 Å². The Bertz CT molecular complexity index is 989. The van der Waals surface area contributed by atoms with Crippen molar-refractivity contribution in [2.75, 3.05) is 44.0 Å². The molecule has 1 aliphatic heterocycles. The van der Waals surface area contributed by atoms with Gasteiger partial charge in [0.25, 0.3) is 5.91 Å². The molecule has 3 N–H and O–H groups in total.